The zero-order valence-electron chi connectivity index (χ0n) is 16.8. The summed E-state index contributed by atoms with van der Waals surface area (Å²) < 4.78 is 22.9. The maximum atomic E-state index is 11.3. The van der Waals surface area contributed by atoms with Crippen LogP contribution in [0.4, 0.5) is 0 Å². The van der Waals surface area contributed by atoms with Gasteiger partial charge in [-0.2, -0.15) is 0 Å². The van der Waals surface area contributed by atoms with E-state index in [-0.39, 0.29) is 6.61 Å². The monoisotopic (exact) mass is 549 g/mol. The van der Waals surface area contributed by atoms with Crippen LogP contribution in [0.3, 0.4) is 0 Å². The Morgan fingerprint density at radius 2 is 1.84 bits per heavy atom. The molecular formula is C21H17Br2N3O5. The van der Waals surface area contributed by atoms with Gasteiger partial charge in [-0.3, -0.25) is 0 Å². The molecule has 0 spiro atoms. The van der Waals surface area contributed by atoms with Crippen LogP contribution < -0.4 is 9.47 Å². The second-order valence-electron chi connectivity index (χ2n) is 6.58. The molecule has 0 atom stereocenters. The van der Waals surface area contributed by atoms with Crippen molar-refractivity contribution in [2.45, 2.75) is 13.8 Å². The molecular weight excluding hydrogens is 534 g/mol. The first kappa shape index (κ1) is 21.4. The predicted molar refractivity (Wildman–Crippen MR) is 120 cm³/mol. The highest BCUT2D eigenvalue weighted by atomic mass is 79.9. The van der Waals surface area contributed by atoms with E-state index in [1.165, 1.54) is 7.11 Å². The number of methoxy groups -OCH3 is 1. The molecule has 0 fully saturated rings. The Morgan fingerprint density at radius 1 is 1.10 bits per heavy atom. The third-order valence-corrected chi connectivity index (χ3v) is 5.54. The van der Waals surface area contributed by atoms with Gasteiger partial charge in [-0.25, -0.2) is 14.8 Å². The van der Waals surface area contributed by atoms with Gasteiger partial charge in [0.2, 0.25) is 0 Å². The van der Waals surface area contributed by atoms with E-state index in [4.69, 9.17) is 13.9 Å². The van der Waals surface area contributed by atoms with Crippen molar-refractivity contribution in [1.82, 2.24) is 15.0 Å². The lowest BCUT2D eigenvalue weighted by atomic mass is 10.3. The highest BCUT2D eigenvalue weighted by Gasteiger charge is 2.16. The minimum Gasteiger partial charge on any atom is -0.482 e. The Balaban J connectivity index is 1.58. The number of benzene rings is 2. The van der Waals surface area contributed by atoms with Crippen molar-refractivity contribution >= 4 is 48.9 Å². The fourth-order valence-electron chi connectivity index (χ4n) is 2.95. The van der Waals surface area contributed by atoms with Crippen LogP contribution in [0.5, 0.6) is 17.2 Å². The first-order valence-corrected chi connectivity index (χ1v) is 10.7. The molecule has 4 rings (SSSR count). The zero-order valence-corrected chi connectivity index (χ0v) is 20.0. The number of H-pyrrole nitrogens is 1. The van der Waals surface area contributed by atoms with Crippen LogP contribution in [0.1, 0.15) is 11.7 Å². The summed E-state index contributed by atoms with van der Waals surface area (Å²) in [5.74, 6) is 3.13. The Hall–Kier alpha value is -2.85. The maximum absolute atomic E-state index is 11.3. The number of hydrogen-bond acceptors (Lipinski definition) is 7. The summed E-state index contributed by atoms with van der Waals surface area (Å²) in [5, 5.41) is 0. The number of nitrogens with zero attached hydrogens (tertiary/aromatic N) is 2. The Labute approximate surface area is 194 Å². The average Bonchev–Trinajstić information content (AvgIpc) is 3.30. The van der Waals surface area contributed by atoms with Crippen molar-refractivity contribution in [3.63, 3.8) is 0 Å². The molecule has 4 aromatic rings. The Bertz CT molecular complexity index is 1260. The number of carbonyl (C=O) groups excluding carboxylic acids is 1. The molecule has 31 heavy (non-hydrogen) atoms. The summed E-state index contributed by atoms with van der Waals surface area (Å²) in [6.07, 6.45) is 0. The molecule has 0 unspecified atom stereocenters. The van der Waals surface area contributed by atoms with Gasteiger partial charge in [0.15, 0.2) is 24.1 Å². The van der Waals surface area contributed by atoms with Gasteiger partial charge in [0.25, 0.3) is 0 Å². The number of ether oxygens (including phenoxy) is 3. The van der Waals surface area contributed by atoms with Gasteiger partial charge < -0.3 is 23.6 Å². The van der Waals surface area contributed by atoms with Crippen LogP contribution in [0.15, 0.2) is 43.7 Å². The minimum absolute atomic E-state index is 0.182. The first-order chi connectivity index (χ1) is 14.8. The second kappa shape index (κ2) is 8.72. The molecule has 0 radical (unpaired) electrons. The van der Waals surface area contributed by atoms with Crippen molar-refractivity contribution in [1.29, 1.82) is 0 Å². The lowest BCUT2D eigenvalue weighted by Gasteiger charge is -2.12. The van der Waals surface area contributed by atoms with E-state index in [0.29, 0.717) is 49.4 Å². The van der Waals surface area contributed by atoms with Crippen molar-refractivity contribution in [3.05, 3.63) is 50.9 Å². The molecule has 160 valence electrons. The number of carbonyl (C=O) groups is 1. The molecule has 0 amide bonds. The molecule has 2 aromatic heterocycles. The van der Waals surface area contributed by atoms with Gasteiger partial charge in [0.1, 0.15) is 23.0 Å². The zero-order chi connectivity index (χ0) is 22.1. The topological polar surface area (TPSA) is 99.5 Å². The van der Waals surface area contributed by atoms with E-state index in [9.17, 15) is 4.79 Å². The smallest absolute Gasteiger partial charge is 0.343 e. The summed E-state index contributed by atoms with van der Waals surface area (Å²) in [4.78, 5) is 23.5. The Kier molecular flexibility index (Phi) is 6.01. The second-order valence-corrected chi connectivity index (χ2v) is 8.29. The number of fused-ring (bicyclic) bond motifs is 1. The largest absolute Gasteiger partial charge is 0.482 e. The van der Waals surface area contributed by atoms with Crippen molar-refractivity contribution in [2.75, 3.05) is 13.7 Å². The highest BCUT2D eigenvalue weighted by Crippen LogP contribution is 2.40. The minimum atomic E-state index is -0.462. The third kappa shape index (κ3) is 4.59. The fourth-order valence-corrected chi connectivity index (χ4v) is 4.26. The maximum Gasteiger partial charge on any atom is 0.343 e. The van der Waals surface area contributed by atoms with E-state index in [0.717, 1.165) is 11.0 Å². The fraction of sp³-hybridized carbons (Fsp3) is 0.190. The first-order valence-electron chi connectivity index (χ1n) is 9.14. The molecule has 2 aromatic carbocycles. The summed E-state index contributed by atoms with van der Waals surface area (Å²) in [5.41, 5.74) is 2.27. The molecule has 0 bridgehead atoms. The summed E-state index contributed by atoms with van der Waals surface area (Å²) in [6, 6.07) is 8.97. The van der Waals surface area contributed by atoms with Crippen molar-refractivity contribution < 1.29 is 23.4 Å². The Morgan fingerprint density at radius 3 is 2.48 bits per heavy atom. The number of aryl methyl sites for hydroxylation is 2. The number of imidazole rings is 1. The van der Waals surface area contributed by atoms with Crippen molar-refractivity contribution in [2.24, 2.45) is 0 Å². The number of hydrogen-bond donors (Lipinski definition) is 1. The van der Waals surface area contributed by atoms with Gasteiger partial charge in [-0.05, 0) is 63.0 Å². The van der Waals surface area contributed by atoms with E-state index in [1.54, 1.807) is 19.1 Å². The molecule has 0 saturated carbocycles. The number of aromatic amines is 1. The lowest BCUT2D eigenvalue weighted by Crippen LogP contribution is -2.12. The van der Waals surface area contributed by atoms with Crippen LogP contribution >= 0.6 is 31.9 Å². The molecule has 0 aliphatic heterocycles. The molecule has 1 N–H and O–H groups in total. The van der Waals surface area contributed by atoms with Crippen LogP contribution in [-0.4, -0.2) is 34.6 Å². The molecule has 0 aliphatic carbocycles. The average molecular weight is 551 g/mol. The van der Waals surface area contributed by atoms with Gasteiger partial charge in [-0.1, -0.05) is 0 Å². The van der Waals surface area contributed by atoms with Gasteiger partial charge in [0.05, 0.1) is 27.1 Å². The number of nitrogens with one attached hydrogen (secondary N) is 1. The standard InChI is InChI=1S/C21H17Br2N3O5/c1-10-19(24-11(2)30-10)21-25-16-5-4-12(8-17(16)26-21)31-20-14(22)6-13(7-15(20)23)29-9-18(27)28-3/h4-8H,9H2,1-3H3,(H,25,26). The number of aromatic nitrogens is 3. The van der Waals surface area contributed by atoms with E-state index >= 15 is 0 Å². The number of rotatable bonds is 6. The van der Waals surface area contributed by atoms with E-state index < -0.39 is 5.97 Å². The van der Waals surface area contributed by atoms with Crippen LogP contribution in [-0.2, 0) is 9.53 Å². The normalized spacial score (nSPS) is 11.0. The van der Waals surface area contributed by atoms with Crippen molar-refractivity contribution in [3.8, 4) is 28.8 Å². The van der Waals surface area contributed by atoms with E-state index in [2.05, 4.69) is 51.5 Å². The van der Waals surface area contributed by atoms with Crippen LogP contribution in [0, 0.1) is 13.8 Å². The van der Waals surface area contributed by atoms with Gasteiger partial charge in [-0.15, -0.1) is 0 Å². The summed E-state index contributed by atoms with van der Waals surface area (Å²) in [6.45, 7) is 3.47. The quantitative estimate of drug-likeness (QED) is 0.307. The SMILES string of the molecule is COC(=O)COc1cc(Br)c(Oc2ccc3nc(-c4nc(C)oc4C)[nH]c3c2)c(Br)c1. The summed E-state index contributed by atoms with van der Waals surface area (Å²) in [7, 11) is 1.31. The molecule has 2 heterocycles. The number of oxazole rings is 1. The van der Waals surface area contributed by atoms with Crippen LogP contribution in [0.25, 0.3) is 22.6 Å². The molecule has 10 heteroatoms. The number of halogens is 2. The number of esters is 1. The van der Waals surface area contributed by atoms with Gasteiger partial charge >= 0.3 is 5.97 Å². The molecule has 0 aliphatic rings. The highest BCUT2D eigenvalue weighted by molar-refractivity contribution is 9.11. The lowest BCUT2D eigenvalue weighted by molar-refractivity contribution is -0.142. The van der Waals surface area contributed by atoms with E-state index in [1.807, 2.05) is 25.1 Å². The van der Waals surface area contributed by atoms with Crippen LogP contribution in [0.2, 0.25) is 0 Å². The predicted octanol–water partition coefficient (Wildman–Crippen LogP) is 5.70. The molecule has 8 nitrogen and oxygen atoms in total. The summed E-state index contributed by atoms with van der Waals surface area (Å²) >= 11 is 6.97. The third-order valence-electron chi connectivity index (χ3n) is 4.36. The molecule has 0 saturated heterocycles. The van der Waals surface area contributed by atoms with Gasteiger partial charge in [0, 0.05) is 13.0 Å².